The summed E-state index contributed by atoms with van der Waals surface area (Å²) in [4.78, 5) is 0.687. The van der Waals surface area contributed by atoms with Crippen molar-refractivity contribution in [2.24, 2.45) is 0 Å². The molecule has 6 nitrogen and oxygen atoms in total. The zero-order chi connectivity index (χ0) is 35.3. The normalized spacial score (nSPS) is 13.9. The van der Waals surface area contributed by atoms with Gasteiger partial charge in [0, 0.05) is 19.1 Å². The number of fused-ring (bicyclic) bond motifs is 2. The van der Waals surface area contributed by atoms with Crippen LogP contribution in [0.5, 0.6) is 0 Å². The molecule has 4 aromatic carbocycles. The minimum Gasteiger partial charge on any atom is -0.211 e. The molecule has 0 spiro atoms. The van der Waals surface area contributed by atoms with Gasteiger partial charge in [-0.1, -0.05) is 95.1 Å². The molecule has 4 aromatic rings. The maximum Gasteiger partial charge on any atom is 0.243 e. The predicted octanol–water partition coefficient (Wildman–Crippen LogP) is 8.07. The second kappa shape index (κ2) is 15.4. The van der Waals surface area contributed by atoms with Gasteiger partial charge in [-0.05, 0) is 125 Å². The molecule has 6 rings (SSSR count). The van der Waals surface area contributed by atoms with Crippen LogP contribution in [0.25, 0.3) is 12.2 Å². The summed E-state index contributed by atoms with van der Waals surface area (Å²) >= 11 is 0. The molecule has 0 aromatic heterocycles. The monoisotopic (exact) mass is 696 g/mol. The first-order chi connectivity index (χ1) is 23.2. The van der Waals surface area contributed by atoms with Gasteiger partial charge in [0.15, 0.2) is 0 Å². The largest absolute Gasteiger partial charge is 0.243 e. The molecule has 0 saturated heterocycles. The van der Waals surface area contributed by atoms with Crippen LogP contribution in [0.1, 0.15) is 72.2 Å². The predicted molar refractivity (Wildman–Crippen MR) is 202 cm³/mol. The van der Waals surface area contributed by atoms with Crippen LogP contribution in [0.2, 0.25) is 0 Å². The van der Waals surface area contributed by atoms with Crippen LogP contribution in [-0.4, -0.2) is 40.3 Å². The number of allylic oxidation sites excluding steroid dienone is 2. The van der Waals surface area contributed by atoms with E-state index >= 15 is 0 Å². The number of benzene rings is 4. The fourth-order valence-corrected chi connectivity index (χ4v) is 9.19. The molecule has 0 unspecified atom stereocenters. The molecule has 0 amide bonds. The van der Waals surface area contributed by atoms with E-state index in [4.69, 9.17) is 0 Å². The summed E-state index contributed by atoms with van der Waals surface area (Å²) in [6, 6.07) is 26.5. The minimum atomic E-state index is -3.49. The molecule has 0 saturated carbocycles. The van der Waals surface area contributed by atoms with Crippen LogP contribution < -0.4 is 4.72 Å². The van der Waals surface area contributed by atoms with E-state index < -0.39 is 20.0 Å². The Kier molecular flexibility index (Phi) is 11.4. The first kappa shape index (κ1) is 36.5. The second-order valence-corrected chi connectivity index (χ2v) is 17.2. The van der Waals surface area contributed by atoms with Crippen molar-refractivity contribution in [1.29, 1.82) is 0 Å². The number of sulfonamides is 2. The quantitative estimate of drug-likeness (QED) is 0.172. The van der Waals surface area contributed by atoms with Crippen molar-refractivity contribution in [2.45, 2.75) is 83.1 Å². The molecule has 0 heterocycles. The van der Waals surface area contributed by atoms with E-state index in [1.165, 1.54) is 44.5 Å². The van der Waals surface area contributed by atoms with Crippen LogP contribution >= 0.6 is 0 Å². The second-order valence-electron chi connectivity index (χ2n) is 13.5. The molecule has 0 atom stereocenters. The van der Waals surface area contributed by atoms with Gasteiger partial charge in [0.25, 0.3) is 0 Å². The lowest BCUT2D eigenvalue weighted by Crippen LogP contribution is -2.38. The average molecular weight is 697 g/mol. The first-order valence-electron chi connectivity index (χ1n) is 17.0. The van der Waals surface area contributed by atoms with Crippen LogP contribution in [0.15, 0.2) is 106 Å². The molecule has 0 radical (unpaired) electrons. The Morgan fingerprint density at radius 2 is 1.10 bits per heavy atom. The Morgan fingerprint density at radius 1 is 0.633 bits per heavy atom. The SMILES string of the molecule is CC1=Cc2cccc(CCN(C(C)C)S(=O)(=O)c3ccc(C)cc3)c2C1.CC1=Cc2cccc(CCNS(=O)(=O)c3ccc(C)cc3)c2C1. The van der Waals surface area contributed by atoms with E-state index in [9.17, 15) is 16.8 Å². The lowest BCUT2D eigenvalue weighted by atomic mass is 9.99. The summed E-state index contributed by atoms with van der Waals surface area (Å²) in [5, 5.41) is 0. The van der Waals surface area contributed by atoms with Gasteiger partial charge in [-0.25, -0.2) is 21.6 Å². The highest BCUT2D eigenvalue weighted by Gasteiger charge is 2.27. The molecular weight excluding hydrogens is 649 g/mol. The number of hydrogen-bond acceptors (Lipinski definition) is 4. The van der Waals surface area contributed by atoms with E-state index in [0.29, 0.717) is 29.3 Å². The lowest BCUT2D eigenvalue weighted by Gasteiger charge is -2.26. The molecule has 1 N–H and O–H groups in total. The molecule has 8 heteroatoms. The third-order valence-electron chi connectivity index (χ3n) is 9.16. The zero-order valence-electron chi connectivity index (χ0n) is 29.5. The number of nitrogens with zero attached hydrogens (tertiary/aromatic N) is 1. The van der Waals surface area contributed by atoms with Crippen LogP contribution in [0.4, 0.5) is 0 Å². The van der Waals surface area contributed by atoms with E-state index in [0.717, 1.165) is 30.4 Å². The Hall–Kier alpha value is -3.82. The average Bonchev–Trinajstić information content (AvgIpc) is 3.63. The molecule has 0 aliphatic heterocycles. The molecule has 2 aliphatic carbocycles. The van der Waals surface area contributed by atoms with Crippen molar-refractivity contribution in [3.8, 4) is 0 Å². The molecule has 258 valence electrons. The van der Waals surface area contributed by atoms with Gasteiger partial charge in [0.05, 0.1) is 9.79 Å². The highest BCUT2D eigenvalue weighted by molar-refractivity contribution is 7.89. The van der Waals surface area contributed by atoms with E-state index in [2.05, 4.69) is 61.1 Å². The summed E-state index contributed by atoms with van der Waals surface area (Å²) in [5.74, 6) is 0. The highest BCUT2D eigenvalue weighted by Crippen LogP contribution is 2.29. The molecular formula is C41H48N2O4S2. The summed E-state index contributed by atoms with van der Waals surface area (Å²) in [7, 11) is -6.93. The van der Waals surface area contributed by atoms with Gasteiger partial charge in [0.1, 0.15) is 0 Å². The van der Waals surface area contributed by atoms with Gasteiger partial charge in [-0.15, -0.1) is 0 Å². The summed E-state index contributed by atoms with van der Waals surface area (Å²) in [6.07, 6.45) is 7.80. The topological polar surface area (TPSA) is 83.6 Å². The Labute approximate surface area is 293 Å². The Morgan fingerprint density at radius 3 is 1.59 bits per heavy atom. The highest BCUT2D eigenvalue weighted by atomic mass is 32.2. The maximum absolute atomic E-state index is 13.1. The van der Waals surface area contributed by atoms with Crippen molar-refractivity contribution in [1.82, 2.24) is 9.03 Å². The standard InChI is InChI=1S/C22H27NO2S.C19H21NO2S/c1-16(2)23(26(24,25)21-10-8-17(3)9-11-21)13-12-19-6-5-7-20-14-18(4)15-22(19)20;1-14-6-8-18(9-7-14)23(21,22)20-11-10-16-4-3-5-17-12-15(2)13-19(16)17/h5-11,14,16H,12-13,15H2,1-4H3;3-9,12,20H,10-11,13H2,1-2H3. The van der Waals surface area contributed by atoms with Crippen LogP contribution in [0, 0.1) is 13.8 Å². The van der Waals surface area contributed by atoms with Crippen molar-refractivity contribution in [3.63, 3.8) is 0 Å². The van der Waals surface area contributed by atoms with Gasteiger partial charge >= 0.3 is 0 Å². The van der Waals surface area contributed by atoms with Crippen LogP contribution in [0.3, 0.4) is 0 Å². The molecule has 0 fully saturated rings. The number of rotatable bonds is 11. The molecule has 2 aliphatic rings. The van der Waals surface area contributed by atoms with Crippen molar-refractivity contribution in [2.75, 3.05) is 13.1 Å². The van der Waals surface area contributed by atoms with Crippen molar-refractivity contribution in [3.05, 3.63) is 141 Å². The fourth-order valence-electron chi connectivity index (χ4n) is 6.52. The Balaban J connectivity index is 0.000000192. The van der Waals surface area contributed by atoms with E-state index in [1.807, 2.05) is 58.0 Å². The van der Waals surface area contributed by atoms with Gasteiger partial charge in [-0.3, -0.25) is 0 Å². The van der Waals surface area contributed by atoms with Gasteiger partial charge in [-0.2, -0.15) is 4.31 Å². The zero-order valence-corrected chi connectivity index (χ0v) is 31.1. The summed E-state index contributed by atoms with van der Waals surface area (Å²) in [5.41, 5.74) is 12.5. The summed E-state index contributed by atoms with van der Waals surface area (Å²) in [6.45, 7) is 12.9. The smallest absolute Gasteiger partial charge is 0.211 e. The van der Waals surface area contributed by atoms with Crippen molar-refractivity contribution >= 4 is 32.2 Å². The lowest BCUT2D eigenvalue weighted by molar-refractivity contribution is 0.357. The fraction of sp³-hybridized carbons (Fsp3) is 0.317. The molecule has 0 bridgehead atoms. The maximum atomic E-state index is 13.1. The summed E-state index contributed by atoms with van der Waals surface area (Å²) < 4.78 is 55.1. The van der Waals surface area contributed by atoms with E-state index in [-0.39, 0.29) is 6.04 Å². The third kappa shape index (κ3) is 8.86. The third-order valence-corrected chi connectivity index (χ3v) is 12.7. The first-order valence-corrected chi connectivity index (χ1v) is 19.9. The van der Waals surface area contributed by atoms with Gasteiger partial charge < -0.3 is 0 Å². The number of hydrogen-bond donors (Lipinski definition) is 1. The van der Waals surface area contributed by atoms with Gasteiger partial charge in [0.2, 0.25) is 20.0 Å². The minimum absolute atomic E-state index is 0.0853. The van der Waals surface area contributed by atoms with Crippen LogP contribution in [-0.2, 0) is 45.7 Å². The van der Waals surface area contributed by atoms with Crippen molar-refractivity contribution < 1.29 is 16.8 Å². The van der Waals surface area contributed by atoms with E-state index in [1.54, 1.807) is 28.6 Å². The Bertz CT molecular complexity index is 2080. The number of nitrogens with one attached hydrogen (secondary N) is 1. The molecule has 49 heavy (non-hydrogen) atoms. The number of aryl methyl sites for hydroxylation is 2.